The van der Waals surface area contributed by atoms with Crippen molar-refractivity contribution in [1.82, 2.24) is 14.6 Å². The van der Waals surface area contributed by atoms with Gasteiger partial charge in [0.25, 0.3) is 0 Å². The molecule has 0 radical (unpaired) electrons. The van der Waals surface area contributed by atoms with Crippen molar-refractivity contribution in [2.75, 3.05) is 13.2 Å². The predicted molar refractivity (Wildman–Crippen MR) is 189 cm³/mol. The van der Waals surface area contributed by atoms with E-state index in [0.717, 1.165) is 52.2 Å². The standard InChI is InChI=1S/C40H41N3O5/c1-7-12-26-19-21-47-34-18-17-29(23-31(26)34)37-36(38(39(44)45)48-40(4,5)6)25(3)41-35-24-32(42-43(35)37)28-14-11-13-27(22-28)30-15-9-10-16-33(30)46-20-8-2/h7-11,13-18,22-24,26,38H,1-2,12,19-21H2,3-6H3,(H,44,45). The first kappa shape index (κ1) is 32.7. The van der Waals surface area contributed by atoms with Crippen LogP contribution in [0.3, 0.4) is 0 Å². The Labute approximate surface area is 281 Å². The van der Waals surface area contributed by atoms with Crippen molar-refractivity contribution in [3.63, 3.8) is 0 Å². The number of carboxylic acid groups (broad SMARTS) is 1. The van der Waals surface area contributed by atoms with Crippen LogP contribution in [-0.2, 0) is 9.53 Å². The molecule has 5 aromatic rings. The fraction of sp³-hybridized carbons (Fsp3) is 0.275. The summed E-state index contributed by atoms with van der Waals surface area (Å²) in [6, 6.07) is 24.0. The zero-order chi connectivity index (χ0) is 34.0. The Balaban J connectivity index is 1.56. The molecule has 2 unspecified atom stereocenters. The van der Waals surface area contributed by atoms with E-state index in [0.29, 0.717) is 41.5 Å². The third-order valence-corrected chi connectivity index (χ3v) is 8.40. The van der Waals surface area contributed by atoms with Crippen molar-refractivity contribution in [3.05, 3.63) is 115 Å². The second-order valence-electron chi connectivity index (χ2n) is 13.0. The first-order valence-corrected chi connectivity index (χ1v) is 16.2. The number of carboxylic acids is 1. The van der Waals surface area contributed by atoms with Gasteiger partial charge in [0.15, 0.2) is 11.8 Å². The molecule has 0 saturated heterocycles. The molecule has 0 aliphatic carbocycles. The maximum Gasteiger partial charge on any atom is 0.337 e. The van der Waals surface area contributed by atoms with Gasteiger partial charge >= 0.3 is 5.97 Å². The highest BCUT2D eigenvalue weighted by molar-refractivity contribution is 5.82. The summed E-state index contributed by atoms with van der Waals surface area (Å²) in [5.74, 6) is 0.733. The van der Waals surface area contributed by atoms with E-state index in [1.165, 1.54) is 0 Å². The molecule has 3 heterocycles. The summed E-state index contributed by atoms with van der Waals surface area (Å²) in [5, 5.41) is 15.6. The molecule has 0 spiro atoms. The molecular weight excluding hydrogens is 602 g/mol. The summed E-state index contributed by atoms with van der Waals surface area (Å²) in [5.41, 5.74) is 6.86. The molecule has 1 N–H and O–H groups in total. The molecule has 1 aliphatic rings. The van der Waals surface area contributed by atoms with Crippen LogP contribution in [0.4, 0.5) is 0 Å². The summed E-state index contributed by atoms with van der Waals surface area (Å²) < 4.78 is 19.9. The van der Waals surface area contributed by atoms with Gasteiger partial charge in [-0.2, -0.15) is 5.10 Å². The minimum absolute atomic E-state index is 0.239. The minimum atomic E-state index is -1.28. The van der Waals surface area contributed by atoms with Gasteiger partial charge in [0.1, 0.15) is 18.1 Å². The lowest BCUT2D eigenvalue weighted by Crippen LogP contribution is -2.29. The molecule has 0 fully saturated rings. The third kappa shape index (κ3) is 6.62. The number of allylic oxidation sites excluding steroid dienone is 1. The van der Waals surface area contributed by atoms with Crippen molar-refractivity contribution in [3.8, 4) is 45.1 Å². The van der Waals surface area contributed by atoms with Gasteiger partial charge in [-0.3, -0.25) is 0 Å². The Morgan fingerprint density at radius 2 is 1.83 bits per heavy atom. The van der Waals surface area contributed by atoms with Gasteiger partial charge in [-0.25, -0.2) is 14.3 Å². The average Bonchev–Trinajstić information content (AvgIpc) is 3.49. The molecule has 2 atom stereocenters. The van der Waals surface area contributed by atoms with Crippen LogP contribution in [0.2, 0.25) is 0 Å². The Morgan fingerprint density at radius 3 is 2.58 bits per heavy atom. The Hall–Kier alpha value is -5.21. The van der Waals surface area contributed by atoms with Crippen molar-refractivity contribution >= 4 is 11.6 Å². The zero-order valence-corrected chi connectivity index (χ0v) is 27.9. The van der Waals surface area contributed by atoms with E-state index in [2.05, 4.69) is 25.3 Å². The smallest absolute Gasteiger partial charge is 0.337 e. The number of aryl methyl sites for hydroxylation is 1. The molecule has 2 aromatic heterocycles. The van der Waals surface area contributed by atoms with Crippen LogP contribution >= 0.6 is 0 Å². The number of aromatic nitrogens is 3. The fourth-order valence-corrected chi connectivity index (χ4v) is 6.34. The van der Waals surface area contributed by atoms with Gasteiger partial charge in [-0.15, -0.1) is 6.58 Å². The monoisotopic (exact) mass is 643 g/mol. The van der Waals surface area contributed by atoms with E-state index < -0.39 is 17.7 Å². The molecular formula is C40H41N3O5. The van der Waals surface area contributed by atoms with Crippen molar-refractivity contribution in [2.24, 2.45) is 0 Å². The highest BCUT2D eigenvalue weighted by atomic mass is 16.5. The average molecular weight is 644 g/mol. The normalized spacial score (nSPS) is 15.0. The molecule has 8 heteroatoms. The Morgan fingerprint density at radius 1 is 1.04 bits per heavy atom. The summed E-state index contributed by atoms with van der Waals surface area (Å²) in [4.78, 5) is 17.8. The molecule has 246 valence electrons. The van der Waals surface area contributed by atoms with Gasteiger partial charge in [0.2, 0.25) is 0 Å². The lowest BCUT2D eigenvalue weighted by atomic mass is 9.88. The lowest BCUT2D eigenvalue weighted by Gasteiger charge is -2.28. The number of nitrogens with zero attached hydrogens (tertiary/aromatic N) is 3. The second-order valence-corrected chi connectivity index (χ2v) is 13.0. The SMILES string of the molecule is C=CCOc1ccccc1-c1cccc(-c2cc3nc(C)c(C(OC(C)(C)C)C(=O)O)c(-c4ccc5c(c4)C(CC=C)CCO5)n3n2)c1. The number of aliphatic carboxylic acids is 1. The molecule has 0 amide bonds. The highest BCUT2D eigenvalue weighted by Gasteiger charge is 2.34. The summed E-state index contributed by atoms with van der Waals surface area (Å²) in [6.07, 6.45) is 4.06. The van der Waals surface area contributed by atoms with Crippen LogP contribution in [0.25, 0.3) is 39.3 Å². The predicted octanol–water partition coefficient (Wildman–Crippen LogP) is 8.99. The van der Waals surface area contributed by atoms with Gasteiger partial charge in [0.05, 0.1) is 23.6 Å². The maximum atomic E-state index is 12.9. The van der Waals surface area contributed by atoms with E-state index in [9.17, 15) is 9.90 Å². The number of carbonyl (C=O) groups is 1. The van der Waals surface area contributed by atoms with Crippen LogP contribution in [0.15, 0.2) is 98.1 Å². The zero-order valence-electron chi connectivity index (χ0n) is 27.9. The molecule has 1 aliphatic heterocycles. The van der Waals surface area contributed by atoms with Crippen LogP contribution < -0.4 is 9.47 Å². The Kier molecular flexibility index (Phi) is 9.20. The van der Waals surface area contributed by atoms with Crippen LogP contribution in [0.1, 0.15) is 62.5 Å². The number of rotatable bonds is 11. The Bertz CT molecular complexity index is 2000. The van der Waals surface area contributed by atoms with Crippen molar-refractivity contribution < 1.29 is 24.1 Å². The first-order chi connectivity index (χ1) is 23.1. The van der Waals surface area contributed by atoms with E-state index >= 15 is 0 Å². The molecule has 6 rings (SSSR count). The maximum absolute atomic E-state index is 12.9. The number of hydrogen-bond acceptors (Lipinski definition) is 6. The largest absolute Gasteiger partial charge is 0.493 e. The third-order valence-electron chi connectivity index (χ3n) is 8.40. The second kappa shape index (κ2) is 13.5. The van der Waals surface area contributed by atoms with Gasteiger partial charge < -0.3 is 19.3 Å². The number of benzene rings is 3. The molecule has 8 nitrogen and oxygen atoms in total. The van der Waals surface area contributed by atoms with Crippen molar-refractivity contribution in [1.29, 1.82) is 0 Å². The molecule has 48 heavy (non-hydrogen) atoms. The number of ether oxygens (including phenoxy) is 3. The minimum Gasteiger partial charge on any atom is -0.493 e. The van der Waals surface area contributed by atoms with Crippen molar-refractivity contribution in [2.45, 2.75) is 58.2 Å². The quantitative estimate of drug-likeness (QED) is 0.144. The highest BCUT2D eigenvalue weighted by Crippen LogP contribution is 2.42. The molecule has 0 saturated carbocycles. The molecule has 3 aromatic carbocycles. The van der Waals surface area contributed by atoms with Gasteiger partial charge in [-0.05, 0) is 87.9 Å². The van der Waals surface area contributed by atoms with E-state index in [4.69, 9.17) is 24.3 Å². The van der Waals surface area contributed by atoms with E-state index in [1.54, 1.807) is 10.6 Å². The summed E-state index contributed by atoms with van der Waals surface area (Å²) >= 11 is 0. The van der Waals surface area contributed by atoms with E-state index in [1.807, 2.05) is 94.4 Å². The summed E-state index contributed by atoms with van der Waals surface area (Å²) in [7, 11) is 0. The lowest BCUT2D eigenvalue weighted by molar-refractivity contribution is -0.160. The summed E-state index contributed by atoms with van der Waals surface area (Å²) in [6.45, 7) is 16.2. The topological polar surface area (TPSA) is 95.2 Å². The number of hydrogen-bond donors (Lipinski definition) is 1. The first-order valence-electron chi connectivity index (χ1n) is 16.2. The van der Waals surface area contributed by atoms with Crippen LogP contribution in [-0.4, -0.2) is 44.5 Å². The van der Waals surface area contributed by atoms with Gasteiger partial charge in [-0.1, -0.05) is 55.1 Å². The van der Waals surface area contributed by atoms with Gasteiger partial charge in [0, 0.05) is 34.0 Å². The fourth-order valence-electron chi connectivity index (χ4n) is 6.34. The van der Waals surface area contributed by atoms with E-state index in [-0.39, 0.29) is 5.92 Å². The van der Waals surface area contributed by atoms with Crippen LogP contribution in [0.5, 0.6) is 11.5 Å². The molecule has 0 bridgehead atoms. The number of para-hydroxylation sites is 1. The van der Waals surface area contributed by atoms with Crippen LogP contribution in [0, 0.1) is 6.92 Å². The number of fused-ring (bicyclic) bond motifs is 2.